The Labute approximate surface area is 166 Å². The molecule has 2 heterocycles. The van der Waals surface area contributed by atoms with E-state index in [0.717, 1.165) is 18.3 Å². The van der Waals surface area contributed by atoms with E-state index >= 15 is 0 Å². The summed E-state index contributed by atoms with van der Waals surface area (Å²) in [6.45, 7) is 2.62. The Morgan fingerprint density at radius 2 is 2.03 bits per heavy atom. The van der Waals surface area contributed by atoms with E-state index in [0.29, 0.717) is 17.1 Å². The van der Waals surface area contributed by atoms with Crippen LogP contribution in [0.3, 0.4) is 0 Å². The maximum Gasteiger partial charge on any atom is 0.267 e. The number of benzene rings is 1. The fourth-order valence-corrected chi connectivity index (χ4v) is 3.78. The van der Waals surface area contributed by atoms with Gasteiger partial charge in [-0.3, -0.25) is 9.59 Å². The van der Waals surface area contributed by atoms with E-state index in [1.807, 2.05) is 6.92 Å². The average molecular weight is 396 g/mol. The van der Waals surface area contributed by atoms with Gasteiger partial charge in [-0.1, -0.05) is 18.1 Å². The molecule has 3 aromatic rings. The number of halogens is 1. The molecule has 2 aromatic heterocycles. The van der Waals surface area contributed by atoms with Gasteiger partial charge < -0.3 is 11.1 Å². The first kappa shape index (κ1) is 19.0. The molecule has 4 rings (SSSR count). The summed E-state index contributed by atoms with van der Waals surface area (Å²) in [6.07, 6.45) is 4.83. The van der Waals surface area contributed by atoms with Gasteiger partial charge in [0.1, 0.15) is 11.5 Å². The number of fused-ring (bicyclic) bond motifs is 1. The third-order valence-electron chi connectivity index (χ3n) is 5.39. The molecular formula is C20H21FN6O2. The summed E-state index contributed by atoms with van der Waals surface area (Å²) in [5, 5.41) is 11.4. The Balaban J connectivity index is 1.64. The molecule has 0 unspecified atom stereocenters. The molecular weight excluding hydrogens is 375 g/mol. The van der Waals surface area contributed by atoms with Gasteiger partial charge >= 0.3 is 0 Å². The number of rotatable bonds is 5. The number of hydrogen-bond donors (Lipinski definition) is 2. The normalized spacial score (nSPS) is 14.4. The SMILES string of the molecule is Cc1c(NC(=O)c2cc(C(N)=O)nc3cc(F)ccc23)nnn1CC1CCCC1. The van der Waals surface area contributed by atoms with E-state index < -0.39 is 17.6 Å². The summed E-state index contributed by atoms with van der Waals surface area (Å²) in [4.78, 5) is 28.6. The second-order valence-corrected chi connectivity index (χ2v) is 7.39. The number of pyridine rings is 1. The average Bonchev–Trinajstić information content (AvgIpc) is 3.32. The molecule has 3 N–H and O–H groups in total. The van der Waals surface area contributed by atoms with Gasteiger partial charge in [0, 0.05) is 18.0 Å². The van der Waals surface area contributed by atoms with E-state index in [2.05, 4.69) is 20.6 Å². The highest BCUT2D eigenvalue weighted by atomic mass is 19.1. The highest BCUT2D eigenvalue weighted by Crippen LogP contribution is 2.27. The van der Waals surface area contributed by atoms with Gasteiger partial charge in [0.15, 0.2) is 5.82 Å². The Morgan fingerprint density at radius 3 is 2.76 bits per heavy atom. The first-order valence-electron chi connectivity index (χ1n) is 9.54. The Bertz CT molecular complexity index is 1100. The quantitative estimate of drug-likeness (QED) is 0.688. The number of carbonyl (C=O) groups excluding carboxylic acids is 2. The summed E-state index contributed by atoms with van der Waals surface area (Å²) in [5.41, 5.74) is 6.29. The van der Waals surface area contributed by atoms with Crippen LogP contribution in [0.25, 0.3) is 10.9 Å². The molecule has 0 atom stereocenters. The maximum absolute atomic E-state index is 13.6. The zero-order chi connectivity index (χ0) is 20.5. The summed E-state index contributed by atoms with van der Waals surface area (Å²) in [5.74, 6) is -0.896. The van der Waals surface area contributed by atoms with E-state index in [1.54, 1.807) is 4.68 Å². The third kappa shape index (κ3) is 3.80. The highest BCUT2D eigenvalue weighted by molar-refractivity contribution is 6.13. The van der Waals surface area contributed by atoms with Crippen LogP contribution in [0, 0.1) is 18.7 Å². The molecule has 0 radical (unpaired) electrons. The van der Waals surface area contributed by atoms with E-state index in [4.69, 9.17) is 5.73 Å². The summed E-state index contributed by atoms with van der Waals surface area (Å²) in [6, 6.07) is 5.13. The van der Waals surface area contributed by atoms with Crippen molar-refractivity contribution in [1.82, 2.24) is 20.0 Å². The van der Waals surface area contributed by atoms with E-state index in [-0.39, 0.29) is 16.8 Å². The lowest BCUT2D eigenvalue weighted by atomic mass is 10.1. The van der Waals surface area contributed by atoms with E-state index in [1.165, 1.54) is 43.9 Å². The lowest BCUT2D eigenvalue weighted by Crippen LogP contribution is -2.18. The van der Waals surface area contributed by atoms with Crippen LogP contribution in [0.4, 0.5) is 10.2 Å². The van der Waals surface area contributed by atoms with Crippen molar-refractivity contribution in [3.63, 3.8) is 0 Å². The first-order chi connectivity index (χ1) is 13.9. The molecule has 29 heavy (non-hydrogen) atoms. The topological polar surface area (TPSA) is 116 Å². The van der Waals surface area contributed by atoms with Gasteiger partial charge in [0.25, 0.3) is 11.8 Å². The standard InChI is InChI=1S/C20H21FN6O2/c1-11-19(25-26-27(11)10-12-4-2-3-5-12)24-20(29)15-9-17(18(22)28)23-16-8-13(21)6-7-14(15)16/h6-9,12H,2-5,10H2,1H3,(H2,22,28)(H,24,29). The van der Waals surface area contributed by atoms with Crippen LogP contribution in [-0.2, 0) is 6.54 Å². The molecule has 1 aromatic carbocycles. The lowest BCUT2D eigenvalue weighted by molar-refractivity contribution is 0.0996. The molecule has 0 spiro atoms. The smallest absolute Gasteiger partial charge is 0.267 e. The van der Waals surface area contributed by atoms with Crippen molar-refractivity contribution >= 4 is 28.5 Å². The van der Waals surface area contributed by atoms with Crippen LogP contribution in [0.5, 0.6) is 0 Å². The van der Waals surface area contributed by atoms with Crippen LogP contribution in [0.2, 0.25) is 0 Å². The van der Waals surface area contributed by atoms with Crippen molar-refractivity contribution in [3.05, 3.63) is 47.0 Å². The molecule has 1 aliphatic rings. The number of aromatic nitrogens is 4. The summed E-state index contributed by atoms with van der Waals surface area (Å²) in [7, 11) is 0. The predicted octanol–water partition coefficient (Wildman–Crippen LogP) is 2.82. The largest absolute Gasteiger partial charge is 0.364 e. The highest BCUT2D eigenvalue weighted by Gasteiger charge is 2.21. The minimum absolute atomic E-state index is 0.116. The molecule has 2 amide bonds. The summed E-state index contributed by atoms with van der Waals surface area (Å²) < 4.78 is 15.4. The zero-order valence-corrected chi connectivity index (χ0v) is 16.0. The molecule has 9 heteroatoms. The maximum atomic E-state index is 13.6. The van der Waals surface area contributed by atoms with Gasteiger partial charge in [-0.15, -0.1) is 5.10 Å². The van der Waals surface area contributed by atoms with Gasteiger partial charge in [-0.25, -0.2) is 14.1 Å². The number of primary amides is 1. The van der Waals surface area contributed by atoms with Gasteiger partial charge in [0.05, 0.1) is 16.8 Å². The fourth-order valence-electron chi connectivity index (χ4n) is 3.78. The molecule has 8 nitrogen and oxygen atoms in total. The number of nitrogens with zero attached hydrogens (tertiary/aromatic N) is 4. The second-order valence-electron chi connectivity index (χ2n) is 7.39. The van der Waals surface area contributed by atoms with Gasteiger partial charge in [-0.2, -0.15) is 0 Å². The molecule has 0 saturated heterocycles. The van der Waals surface area contributed by atoms with Crippen LogP contribution in [-0.4, -0.2) is 31.8 Å². The molecule has 1 saturated carbocycles. The predicted molar refractivity (Wildman–Crippen MR) is 105 cm³/mol. The molecule has 0 aliphatic heterocycles. The van der Waals surface area contributed by atoms with Crippen LogP contribution in [0.1, 0.15) is 52.2 Å². The minimum atomic E-state index is -0.802. The van der Waals surface area contributed by atoms with Crippen molar-refractivity contribution in [2.75, 3.05) is 5.32 Å². The van der Waals surface area contributed by atoms with Crippen molar-refractivity contribution in [2.45, 2.75) is 39.2 Å². The molecule has 150 valence electrons. The minimum Gasteiger partial charge on any atom is -0.364 e. The van der Waals surface area contributed by atoms with Crippen LogP contribution in [0.15, 0.2) is 24.3 Å². The number of hydrogen-bond acceptors (Lipinski definition) is 5. The first-order valence-corrected chi connectivity index (χ1v) is 9.54. The second kappa shape index (κ2) is 7.57. The zero-order valence-electron chi connectivity index (χ0n) is 16.0. The van der Waals surface area contributed by atoms with Crippen molar-refractivity contribution in [2.24, 2.45) is 11.7 Å². The molecule has 0 bridgehead atoms. The van der Waals surface area contributed by atoms with Gasteiger partial charge in [0.2, 0.25) is 0 Å². The number of amides is 2. The number of anilines is 1. The van der Waals surface area contributed by atoms with Crippen LogP contribution < -0.4 is 11.1 Å². The molecule has 1 aliphatic carbocycles. The monoisotopic (exact) mass is 396 g/mol. The molecule has 1 fully saturated rings. The number of nitrogens with one attached hydrogen (secondary N) is 1. The van der Waals surface area contributed by atoms with Crippen LogP contribution >= 0.6 is 0 Å². The van der Waals surface area contributed by atoms with Crippen molar-refractivity contribution in [1.29, 1.82) is 0 Å². The third-order valence-corrected chi connectivity index (χ3v) is 5.39. The fraction of sp³-hybridized carbons (Fsp3) is 0.350. The lowest BCUT2D eigenvalue weighted by Gasteiger charge is -2.11. The number of carbonyl (C=O) groups is 2. The Hall–Kier alpha value is -3.36. The van der Waals surface area contributed by atoms with Gasteiger partial charge in [-0.05, 0) is 43.9 Å². The van der Waals surface area contributed by atoms with Crippen molar-refractivity contribution in [3.8, 4) is 0 Å². The van der Waals surface area contributed by atoms with Crippen molar-refractivity contribution < 1.29 is 14.0 Å². The summed E-state index contributed by atoms with van der Waals surface area (Å²) >= 11 is 0. The van der Waals surface area contributed by atoms with E-state index in [9.17, 15) is 14.0 Å². The Morgan fingerprint density at radius 1 is 1.28 bits per heavy atom. The Kier molecular flexibility index (Phi) is 4.96. The number of nitrogens with two attached hydrogens (primary N) is 1.